The average Bonchev–Trinajstić information content (AvgIpc) is 2.48. The minimum absolute atomic E-state index is 0.126. The normalized spacial score (nSPS) is 10.2. The number of nitrogens with zero attached hydrogens (tertiary/aromatic N) is 1. The SMILES string of the molecule is COc1ccc(CNC(=O)c2ccnc(Cl)c2F)cc1. The number of benzene rings is 1. The van der Waals surface area contributed by atoms with Crippen LogP contribution in [0.1, 0.15) is 15.9 Å². The number of nitrogens with one attached hydrogen (secondary N) is 1. The second-order valence-corrected chi connectivity index (χ2v) is 4.35. The molecule has 0 aliphatic carbocycles. The molecule has 0 aliphatic rings. The number of ether oxygens (including phenoxy) is 1. The quantitative estimate of drug-likeness (QED) is 0.882. The summed E-state index contributed by atoms with van der Waals surface area (Å²) >= 11 is 5.53. The van der Waals surface area contributed by atoms with E-state index in [1.54, 1.807) is 19.2 Å². The lowest BCUT2D eigenvalue weighted by Gasteiger charge is -2.07. The van der Waals surface area contributed by atoms with E-state index in [-0.39, 0.29) is 17.3 Å². The fourth-order valence-corrected chi connectivity index (χ4v) is 1.77. The molecule has 1 N–H and O–H groups in total. The van der Waals surface area contributed by atoms with Crippen molar-refractivity contribution in [1.29, 1.82) is 0 Å². The van der Waals surface area contributed by atoms with Crippen LogP contribution in [-0.2, 0) is 6.54 Å². The largest absolute Gasteiger partial charge is 0.497 e. The first kappa shape index (κ1) is 14.3. The molecule has 2 rings (SSSR count). The maximum absolute atomic E-state index is 13.6. The number of hydrogen-bond acceptors (Lipinski definition) is 3. The van der Waals surface area contributed by atoms with Gasteiger partial charge in [0.15, 0.2) is 11.0 Å². The van der Waals surface area contributed by atoms with Gasteiger partial charge < -0.3 is 10.1 Å². The van der Waals surface area contributed by atoms with E-state index in [4.69, 9.17) is 16.3 Å². The molecule has 0 saturated heterocycles. The van der Waals surface area contributed by atoms with E-state index in [9.17, 15) is 9.18 Å². The third-order valence-corrected chi connectivity index (χ3v) is 2.97. The average molecular weight is 295 g/mol. The first-order chi connectivity index (χ1) is 9.61. The third-order valence-electron chi connectivity index (χ3n) is 2.70. The van der Waals surface area contributed by atoms with Gasteiger partial charge in [0.25, 0.3) is 5.91 Å². The molecule has 0 saturated carbocycles. The first-order valence-electron chi connectivity index (χ1n) is 5.83. The van der Waals surface area contributed by atoms with Crippen LogP contribution in [0, 0.1) is 5.82 Å². The molecule has 20 heavy (non-hydrogen) atoms. The fraction of sp³-hybridized carbons (Fsp3) is 0.143. The summed E-state index contributed by atoms with van der Waals surface area (Å²) in [5, 5.41) is 2.30. The summed E-state index contributed by atoms with van der Waals surface area (Å²) < 4.78 is 18.6. The minimum Gasteiger partial charge on any atom is -0.497 e. The number of carbonyl (C=O) groups is 1. The summed E-state index contributed by atoms with van der Waals surface area (Å²) in [6.45, 7) is 0.280. The molecule has 0 radical (unpaired) electrons. The molecule has 0 bridgehead atoms. The van der Waals surface area contributed by atoms with Crippen LogP contribution in [0.4, 0.5) is 4.39 Å². The van der Waals surface area contributed by atoms with E-state index in [2.05, 4.69) is 10.3 Å². The Bertz CT molecular complexity index is 617. The van der Waals surface area contributed by atoms with Gasteiger partial charge in [-0.25, -0.2) is 9.37 Å². The monoisotopic (exact) mass is 294 g/mol. The molecule has 2 aromatic rings. The molecule has 1 heterocycles. The van der Waals surface area contributed by atoms with Crippen molar-refractivity contribution in [2.45, 2.75) is 6.54 Å². The summed E-state index contributed by atoms with van der Waals surface area (Å²) in [6, 6.07) is 8.48. The molecular formula is C14H12ClFN2O2. The highest BCUT2D eigenvalue weighted by molar-refractivity contribution is 6.29. The van der Waals surface area contributed by atoms with Crippen molar-refractivity contribution in [2.24, 2.45) is 0 Å². The highest BCUT2D eigenvalue weighted by Gasteiger charge is 2.14. The second-order valence-electron chi connectivity index (χ2n) is 3.99. The van der Waals surface area contributed by atoms with E-state index >= 15 is 0 Å². The number of hydrogen-bond donors (Lipinski definition) is 1. The molecule has 1 aromatic carbocycles. The molecular weight excluding hydrogens is 283 g/mol. The van der Waals surface area contributed by atoms with E-state index in [0.29, 0.717) is 0 Å². The van der Waals surface area contributed by atoms with E-state index < -0.39 is 11.7 Å². The van der Waals surface area contributed by atoms with Gasteiger partial charge in [-0.05, 0) is 23.8 Å². The maximum Gasteiger partial charge on any atom is 0.254 e. The second kappa shape index (κ2) is 6.34. The van der Waals surface area contributed by atoms with E-state index in [1.165, 1.54) is 12.3 Å². The van der Waals surface area contributed by atoms with Gasteiger partial charge in [-0.15, -0.1) is 0 Å². The molecule has 4 nitrogen and oxygen atoms in total. The lowest BCUT2D eigenvalue weighted by atomic mass is 10.2. The molecule has 0 spiro atoms. The van der Waals surface area contributed by atoms with Gasteiger partial charge in [-0.2, -0.15) is 0 Å². The molecule has 0 atom stereocenters. The molecule has 0 unspecified atom stereocenters. The van der Waals surface area contributed by atoms with Crippen molar-refractivity contribution in [3.8, 4) is 5.75 Å². The van der Waals surface area contributed by atoms with Crippen LogP contribution in [0.25, 0.3) is 0 Å². The Morgan fingerprint density at radius 1 is 1.35 bits per heavy atom. The Morgan fingerprint density at radius 2 is 2.05 bits per heavy atom. The number of pyridine rings is 1. The maximum atomic E-state index is 13.6. The van der Waals surface area contributed by atoms with Gasteiger partial charge in [0, 0.05) is 12.7 Å². The predicted molar refractivity (Wildman–Crippen MR) is 73.4 cm³/mol. The van der Waals surface area contributed by atoms with Crippen molar-refractivity contribution >= 4 is 17.5 Å². The molecule has 6 heteroatoms. The Balaban J connectivity index is 2.02. The summed E-state index contributed by atoms with van der Waals surface area (Å²) in [6.07, 6.45) is 1.29. The van der Waals surface area contributed by atoms with Gasteiger partial charge in [0.1, 0.15) is 5.75 Å². The van der Waals surface area contributed by atoms with E-state index in [1.807, 2.05) is 12.1 Å². The molecule has 104 valence electrons. The van der Waals surface area contributed by atoms with E-state index in [0.717, 1.165) is 11.3 Å². The lowest BCUT2D eigenvalue weighted by molar-refractivity contribution is 0.0946. The Kier molecular flexibility index (Phi) is 4.53. The summed E-state index contributed by atoms with van der Waals surface area (Å²) in [4.78, 5) is 15.4. The van der Waals surface area contributed by atoms with Crippen molar-refractivity contribution in [1.82, 2.24) is 10.3 Å². The number of aromatic nitrogens is 1. The summed E-state index contributed by atoms with van der Waals surface area (Å²) in [7, 11) is 1.58. The topological polar surface area (TPSA) is 51.2 Å². The Hall–Kier alpha value is -2.14. The molecule has 0 aliphatic heterocycles. The lowest BCUT2D eigenvalue weighted by Crippen LogP contribution is -2.24. The zero-order valence-corrected chi connectivity index (χ0v) is 11.4. The Labute approximate surface area is 120 Å². The van der Waals surface area contributed by atoms with Gasteiger partial charge >= 0.3 is 0 Å². The van der Waals surface area contributed by atoms with Crippen molar-refractivity contribution < 1.29 is 13.9 Å². The summed E-state index contributed by atoms with van der Waals surface area (Å²) in [5.41, 5.74) is 0.748. The number of amides is 1. The summed E-state index contributed by atoms with van der Waals surface area (Å²) in [5.74, 6) is -0.629. The van der Waals surface area contributed by atoms with Gasteiger partial charge in [0.2, 0.25) is 0 Å². The van der Waals surface area contributed by atoms with Gasteiger partial charge in [-0.1, -0.05) is 23.7 Å². The first-order valence-corrected chi connectivity index (χ1v) is 6.20. The highest BCUT2D eigenvalue weighted by atomic mass is 35.5. The molecule has 1 aromatic heterocycles. The zero-order valence-electron chi connectivity index (χ0n) is 10.7. The number of halogens is 2. The van der Waals surface area contributed by atoms with Crippen molar-refractivity contribution in [3.05, 3.63) is 58.6 Å². The fourth-order valence-electron chi connectivity index (χ4n) is 1.61. The third kappa shape index (κ3) is 3.24. The smallest absolute Gasteiger partial charge is 0.254 e. The Morgan fingerprint density at radius 3 is 2.70 bits per heavy atom. The molecule has 1 amide bonds. The number of carbonyl (C=O) groups excluding carboxylic acids is 1. The van der Waals surface area contributed by atoms with Crippen molar-refractivity contribution in [2.75, 3.05) is 7.11 Å². The van der Waals surface area contributed by atoms with Crippen LogP contribution in [0.5, 0.6) is 5.75 Å². The molecule has 0 fully saturated rings. The van der Waals surface area contributed by atoms with Crippen LogP contribution in [0.3, 0.4) is 0 Å². The van der Waals surface area contributed by atoms with Crippen molar-refractivity contribution in [3.63, 3.8) is 0 Å². The van der Waals surface area contributed by atoms with Crippen LogP contribution in [0.2, 0.25) is 5.15 Å². The predicted octanol–water partition coefficient (Wildman–Crippen LogP) is 2.81. The zero-order chi connectivity index (χ0) is 14.5. The van der Waals surface area contributed by atoms with Crippen LogP contribution < -0.4 is 10.1 Å². The minimum atomic E-state index is -0.818. The standard InChI is InChI=1S/C14H12ClFN2O2/c1-20-10-4-2-9(3-5-10)8-18-14(19)11-6-7-17-13(15)12(11)16/h2-7H,8H2,1H3,(H,18,19). The van der Waals surface area contributed by atoms with Gasteiger partial charge in [0.05, 0.1) is 12.7 Å². The highest BCUT2D eigenvalue weighted by Crippen LogP contribution is 2.15. The van der Waals surface area contributed by atoms with Crippen LogP contribution >= 0.6 is 11.6 Å². The van der Waals surface area contributed by atoms with Crippen LogP contribution in [0.15, 0.2) is 36.5 Å². The van der Waals surface area contributed by atoms with Gasteiger partial charge in [-0.3, -0.25) is 4.79 Å². The number of rotatable bonds is 4. The number of methoxy groups -OCH3 is 1. The van der Waals surface area contributed by atoms with Crippen LogP contribution in [-0.4, -0.2) is 18.0 Å².